The monoisotopic (exact) mass is 583 g/mol. The van der Waals surface area contributed by atoms with Crippen molar-refractivity contribution in [3.05, 3.63) is 101 Å². The predicted octanol–water partition coefficient (Wildman–Crippen LogP) is 4.47. The molecule has 0 saturated carbocycles. The number of rotatable bonds is 12. The first-order valence-corrected chi connectivity index (χ1v) is 15.0. The van der Waals surface area contributed by atoms with E-state index >= 15 is 0 Å². The largest absolute Gasteiger partial charge is 0.352 e. The Kier molecular flexibility index (Phi) is 10.5. The molecule has 1 N–H and O–H groups in total. The van der Waals surface area contributed by atoms with Gasteiger partial charge in [0, 0.05) is 29.6 Å². The lowest BCUT2D eigenvalue weighted by Crippen LogP contribution is -2.54. The average molecular weight is 584 g/mol. The summed E-state index contributed by atoms with van der Waals surface area (Å²) in [4.78, 5) is 40.9. The van der Waals surface area contributed by atoms with Crippen LogP contribution < -0.4 is 9.62 Å². The van der Waals surface area contributed by atoms with E-state index < -0.39 is 28.5 Å². The van der Waals surface area contributed by atoms with Gasteiger partial charge in [-0.2, -0.15) is 0 Å². The Morgan fingerprint density at radius 3 is 2.12 bits per heavy atom. The lowest BCUT2D eigenvalue weighted by molar-refractivity contribution is -0.140. The number of hydrogen-bond donors (Lipinski definition) is 1. The van der Waals surface area contributed by atoms with E-state index in [0.29, 0.717) is 10.6 Å². The zero-order valence-corrected chi connectivity index (χ0v) is 24.6. The topological polar surface area (TPSA) is 104 Å². The first-order valence-electron chi connectivity index (χ1n) is 12.8. The van der Waals surface area contributed by atoms with E-state index in [1.54, 1.807) is 36.4 Å². The molecule has 10 heteroatoms. The molecule has 0 radical (unpaired) electrons. The van der Waals surface area contributed by atoms with Crippen LogP contribution in [0.5, 0.6) is 0 Å². The first kappa shape index (κ1) is 30.8. The van der Waals surface area contributed by atoms with Gasteiger partial charge in [0.25, 0.3) is 0 Å². The third-order valence-corrected chi connectivity index (χ3v) is 7.58. The number of benzene rings is 3. The van der Waals surface area contributed by atoms with E-state index in [2.05, 4.69) is 5.32 Å². The number of nitrogens with one attached hydrogen (secondary N) is 1. The van der Waals surface area contributed by atoms with E-state index in [4.69, 9.17) is 11.6 Å². The fourth-order valence-electron chi connectivity index (χ4n) is 4.21. The van der Waals surface area contributed by atoms with Crippen LogP contribution in [-0.2, 0) is 32.6 Å². The van der Waals surface area contributed by atoms with Crippen molar-refractivity contribution >= 4 is 44.9 Å². The molecule has 3 aromatic rings. The summed E-state index contributed by atoms with van der Waals surface area (Å²) in [6.45, 7) is 4.52. The Morgan fingerprint density at radius 2 is 1.55 bits per heavy atom. The number of carbonyl (C=O) groups excluding carboxylic acids is 3. The number of halogens is 1. The molecule has 3 aromatic carbocycles. The molecule has 0 unspecified atom stereocenters. The molecule has 0 aromatic heterocycles. The van der Waals surface area contributed by atoms with E-state index in [1.165, 1.54) is 24.0 Å². The number of ketones is 1. The van der Waals surface area contributed by atoms with E-state index in [0.717, 1.165) is 21.7 Å². The number of sulfonamides is 1. The minimum Gasteiger partial charge on any atom is -0.352 e. The molecule has 1 atom stereocenters. The highest BCUT2D eigenvalue weighted by Crippen LogP contribution is 2.22. The second kappa shape index (κ2) is 13.6. The average Bonchev–Trinajstić information content (AvgIpc) is 2.89. The molecule has 0 aliphatic heterocycles. The SMILES string of the molecule is CC(=O)c1cccc(N(CC(=O)N(Cc2ccc(Cl)cc2)[C@@H](Cc2ccccc2)C(=O)NC(C)C)S(C)(=O)=O)c1. The normalized spacial score (nSPS) is 12.1. The van der Waals surface area contributed by atoms with Gasteiger partial charge in [0.2, 0.25) is 21.8 Å². The molecule has 0 aliphatic carbocycles. The maximum Gasteiger partial charge on any atom is 0.244 e. The molecule has 0 saturated heterocycles. The lowest BCUT2D eigenvalue weighted by Gasteiger charge is -2.34. The minimum atomic E-state index is -3.93. The van der Waals surface area contributed by atoms with Gasteiger partial charge in [-0.05, 0) is 56.2 Å². The molecule has 8 nitrogen and oxygen atoms in total. The van der Waals surface area contributed by atoms with Gasteiger partial charge in [-0.1, -0.05) is 66.2 Å². The van der Waals surface area contributed by atoms with Crippen molar-refractivity contribution in [3.63, 3.8) is 0 Å². The molecule has 3 rings (SSSR count). The van der Waals surface area contributed by atoms with Crippen molar-refractivity contribution < 1.29 is 22.8 Å². The van der Waals surface area contributed by atoms with Gasteiger partial charge in [0.15, 0.2) is 5.78 Å². The van der Waals surface area contributed by atoms with Gasteiger partial charge in [0.1, 0.15) is 12.6 Å². The minimum absolute atomic E-state index is 0.0457. The third-order valence-electron chi connectivity index (χ3n) is 6.19. The summed E-state index contributed by atoms with van der Waals surface area (Å²) in [6, 6.07) is 21.2. The van der Waals surface area contributed by atoms with Crippen LogP contribution in [0.4, 0.5) is 5.69 Å². The standard InChI is InChI=1S/C30H34ClN3O5S/c1-21(2)32-30(37)28(17-23-9-6-5-7-10-23)33(19-24-13-15-26(31)16-14-24)29(36)20-34(40(4,38)39)27-12-8-11-25(18-27)22(3)35/h5-16,18,21,28H,17,19-20H2,1-4H3,(H,32,37)/t28-/m0/s1. The molecule has 0 spiro atoms. The second-order valence-corrected chi connectivity index (χ2v) is 12.2. The molecule has 0 fully saturated rings. The Morgan fingerprint density at radius 1 is 0.900 bits per heavy atom. The second-order valence-electron chi connectivity index (χ2n) is 9.89. The summed E-state index contributed by atoms with van der Waals surface area (Å²) in [5.41, 5.74) is 2.06. The zero-order chi connectivity index (χ0) is 29.4. The Labute approximate surface area is 241 Å². The molecular weight excluding hydrogens is 550 g/mol. The van der Waals surface area contributed by atoms with Crippen LogP contribution in [0.3, 0.4) is 0 Å². The van der Waals surface area contributed by atoms with Gasteiger partial charge in [-0.25, -0.2) is 8.42 Å². The van der Waals surface area contributed by atoms with E-state index in [1.807, 2.05) is 44.2 Å². The molecule has 0 bridgehead atoms. The van der Waals surface area contributed by atoms with Crippen LogP contribution in [-0.4, -0.2) is 55.8 Å². The number of amides is 2. The third kappa shape index (κ3) is 8.66. The fraction of sp³-hybridized carbons (Fsp3) is 0.300. The quantitative estimate of drug-likeness (QED) is 0.317. The van der Waals surface area contributed by atoms with Crippen molar-refractivity contribution in [1.82, 2.24) is 10.2 Å². The predicted molar refractivity (Wildman–Crippen MR) is 158 cm³/mol. The summed E-state index contributed by atoms with van der Waals surface area (Å²) in [5.74, 6) is -1.17. The van der Waals surface area contributed by atoms with Gasteiger partial charge >= 0.3 is 0 Å². The highest BCUT2D eigenvalue weighted by atomic mass is 35.5. The van der Waals surface area contributed by atoms with Crippen molar-refractivity contribution in [2.75, 3.05) is 17.1 Å². The maximum absolute atomic E-state index is 14.0. The summed E-state index contributed by atoms with van der Waals surface area (Å²) < 4.78 is 26.7. The zero-order valence-electron chi connectivity index (χ0n) is 23.0. The van der Waals surface area contributed by atoms with Crippen LogP contribution in [0.25, 0.3) is 0 Å². The molecule has 0 heterocycles. The highest BCUT2D eigenvalue weighted by molar-refractivity contribution is 7.92. The van der Waals surface area contributed by atoms with Crippen molar-refractivity contribution in [2.24, 2.45) is 0 Å². The Bertz CT molecular complexity index is 1440. The fourth-order valence-corrected chi connectivity index (χ4v) is 5.18. The Balaban J connectivity index is 2.07. The van der Waals surface area contributed by atoms with Crippen LogP contribution in [0.15, 0.2) is 78.9 Å². The maximum atomic E-state index is 14.0. The van der Waals surface area contributed by atoms with Crippen LogP contribution in [0.1, 0.15) is 42.3 Å². The van der Waals surface area contributed by atoms with Gasteiger partial charge < -0.3 is 10.2 Å². The number of carbonyl (C=O) groups is 3. The molecule has 2 amide bonds. The molecule has 0 aliphatic rings. The number of hydrogen-bond acceptors (Lipinski definition) is 5. The molecular formula is C30H34ClN3O5S. The van der Waals surface area contributed by atoms with Crippen molar-refractivity contribution in [1.29, 1.82) is 0 Å². The van der Waals surface area contributed by atoms with Crippen molar-refractivity contribution in [3.8, 4) is 0 Å². The van der Waals surface area contributed by atoms with E-state index in [9.17, 15) is 22.8 Å². The summed E-state index contributed by atoms with van der Waals surface area (Å²) >= 11 is 6.07. The van der Waals surface area contributed by atoms with Crippen LogP contribution in [0, 0.1) is 0 Å². The Hall–Kier alpha value is -3.69. The van der Waals surface area contributed by atoms with E-state index in [-0.39, 0.29) is 36.4 Å². The molecule has 212 valence electrons. The number of Topliss-reactive ketones (excluding diaryl/α,β-unsaturated/α-hetero) is 1. The summed E-state index contributed by atoms with van der Waals surface area (Å²) in [6.07, 6.45) is 1.22. The van der Waals surface area contributed by atoms with Crippen molar-refractivity contribution in [2.45, 2.75) is 45.8 Å². The van der Waals surface area contributed by atoms with Crippen LogP contribution >= 0.6 is 11.6 Å². The van der Waals surface area contributed by atoms with Gasteiger partial charge in [-0.15, -0.1) is 0 Å². The van der Waals surface area contributed by atoms with Gasteiger partial charge in [0.05, 0.1) is 11.9 Å². The van der Waals surface area contributed by atoms with Gasteiger partial charge in [-0.3, -0.25) is 18.7 Å². The summed E-state index contributed by atoms with van der Waals surface area (Å²) in [7, 11) is -3.93. The first-order chi connectivity index (χ1) is 18.8. The molecule has 40 heavy (non-hydrogen) atoms. The highest BCUT2D eigenvalue weighted by Gasteiger charge is 2.33. The number of anilines is 1. The number of nitrogens with zero attached hydrogens (tertiary/aromatic N) is 2. The van der Waals surface area contributed by atoms with Crippen LogP contribution in [0.2, 0.25) is 5.02 Å². The smallest absolute Gasteiger partial charge is 0.244 e. The summed E-state index contributed by atoms with van der Waals surface area (Å²) in [5, 5.41) is 3.43. The lowest BCUT2D eigenvalue weighted by atomic mass is 10.0.